The van der Waals surface area contributed by atoms with Crippen LogP contribution in [0.2, 0.25) is 0 Å². The van der Waals surface area contributed by atoms with Crippen molar-refractivity contribution in [1.82, 2.24) is 5.32 Å². The van der Waals surface area contributed by atoms with Crippen LogP contribution in [0.25, 0.3) is 0 Å². The summed E-state index contributed by atoms with van der Waals surface area (Å²) >= 11 is 0. The highest BCUT2D eigenvalue weighted by atomic mass is 16.3. The van der Waals surface area contributed by atoms with Gasteiger partial charge in [0.15, 0.2) is 0 Å². The summed E-state index contributed by atoms with van der Waals surface area (Å²) < 4.78 is 5.46. The Morgan fingerprint density at radius 2 is 2.00 bits per heavy atom. The van der Waals surface area contributed by atoms with Crippen molar-refractivity contribution in [3.63, 3.8) is 0 Å². The van der Waals surface area contributed by atoms with Crippen molar-refractivity contribution in [2.45, 2.75) is 33.7 Å². The first-order chi connectivity index (χ1) is 10.1. The monoisotopic (exact) mass is 286 g/mol. The molecule has 2 aromatic rings. The van der Waals surface area contributed by atoms with Crippen LogP contribution in [0.3, 0.4) is 0 Å². The zero-order chi connectivity index (χ0) is 15.2. The molecule has 0 aliphatic rings. The normalized spacial score (nSPS) is 10.4. The Balaban J connectivity index is 2.08. The first-order valence-corrected chi connectivity index (χ1v) is 7.28. The molecule has 1 amide bonds. The largest absolute Gasteiger partial charge is 0.465 e. The van der Waals surface area contributed by atoms with E-state index >= 15 is 0 Å². The van der Waals surface area contributed by atoms with E-state index in [1.165, 1.54) is 0 Å². The van der Waals surface area contributed by atoms with Gasteiger partial charge >= 0.3 is 0 Å². The molecule has 0 spiro atoms. The summed E-state index contributed by atoms with van der Waals surface area (Å²) in [7, 11) is 0. The highest BCUT2D eigenvalue weighted by Gasteiger charge is 2.12. The van der Waals surface area contributed by atoms with Crippen LogP contribution < -0.4 is 10.6 Å². The summed E-state index contributed by atoms with van der Waals surface area (Å²) in [5.74, 6) is 1.52. The van der Waals surface area contributed by atoms with Crippen LogP contribution in [0, 0.1) is 13.8 Å². The molecule has 112 valence electrons. The molecule has 1 aromatic heterocycles. The molecule has 0 saturated heterocycles. The molecule has 4 heteroatoms. The van der Waals surface area contributed by atoms with Crippen LogP contribution >= 0.6 is 0 Å². The fraction of sp³-hybridized carbons (Fsp3) is 0.353. The maximum absolute atomic E-state index is 12.4. The fourth-order valence-electron chi connectivity index (χ4n) is 2.10. The van der Waals surface area contributed by atoms with Gasteiger partial charge in [-0.2, -0.15) is 0 Å². The van der Waals surface area contributed by atoms with Gasteiger partial charge in [-0.3, -0.25) is 4.79 Å². The predicted molar refractivity (Wildman–Crippen MR) is 84.6 cm³/mol. The maximum atomic E-state index is 12.4. The molecule has 1 aromatic carbocycles. The van der Waals surface area contributed by atoms with Gasteiger partial charge in [-0.25, -0.2) is 0 Å². The van der Waals surface area contributed by atoms with Gasteiger partial charge in [0.05, 0.1) is 12.1 Å². The number of carbonyl (C=O) groups is 1. The molecular formula is C17H22N2O2. The van der Waals surface area contributed by atoms with Gasteiger partial charge in [-0.15, -0.1) is 0 Å². The number of hydrogen-bond acceptors (Lipinski definition) is 3. The molecule has 21 heavy (non-hydrogen) atoms. The maximum Gasteiger partial charge on any atom is 0.253 e. The van der Waals surface area contributed by atoms with E-state index in [9.17, 15) is 4.79 Å². The van der Waals surface area contributed by atoms with E-state index < -0.39 is 0 Å². The molecular weight excluding hydrogens is 264 g/mol. The molecule has 1 heterocycles. The number of nitrogens with one attached hydrogen (secondary N) is 2. The summed E-state index contributed by atoms with van der Waals surface area (Å²) in [6, 6.07) is 9.63. The molecule has 0 aliphatic heterocycles. The first kappa shape index (κ1) is 15.2. The lowest BCUT2D eigenvalue weighted by atomic mass is 10.1. The lowest BCUT2D eigenvalue weighted by molar-refractivity contribution is 0.0948. The molecule has 0 bridgehead atoms. The van der Waals surface area contributed by atoms with Gasteiger partial charge in [0.2, 0.25) is 0 Å². The van der Waals surface area contributed by atoms with E-state index in [0.29, 0.717) is 12.1 Å². The quantitative estimate of drug-likeness (QED) is 0.852. The van der Waals surface area contributed by atoms with E-state index in [4.69, 9.17) is 4.42 Å². The van der Waals surface area contributed by atoms with Crippen LogP contribution in [-0.4, -0.2) is 12.5 Å². The topological polar surface area (TPSA) is 54.3 Å². The Morgan fingerprint density at radius 3 is 2.67 bits per heavy atom. The molecule has 0 atom stereocenters. The molecule has 0 unspecified atom stereocenters. The summed E-state index contributed by atoms with van der Waals surface area (Å²) in [5, 5.41) is 6.19. The standard InChI is InChI=1S/C17H22N2O2/c1-4-9-18-16-8-5-12(2)10-15(16)17(20)19-11-14-7-6-13(3)21-14/h5-8,10,18H,4,9,11H2,1-3H3,(H,19,20). The molecule has 4 nitrogen and oxygen atoms in total. The van der Waals surface area contributed by atoms with Crippen molar-refractivity contribution >= 4 is 11.6 Å². The lowest BCUT2D eigenvalue weighted by Crippen LogP contribution is -2.24. The number of rotatable bonds is 6. The Labute approximate surface area is 125 Å². The second-order valence-corrected chi connectivity index (χ2v) is 5.17. The number of carbonyl (C=O) groups excluding carboxylic acids is 1. The molecule has 2 N–H and O–H groups in total. The number of aryl methyl sites for hydroxylation is 2. The van der Waals surface area contributed by atoms with Crippen molar-refractivity contribution in [1.29, 1.82) is 0 Å². The second-order valence-electron chi connectivity index (χ2n) is 5.17. The highest BCUT2D eigenvalue weighted by molar-refractivity contribution is 5.99. The molecule has 0 saturated carbocycles. The zero-order valence-electron chi connectivity index (χ0n) is 12.8. The van der Waals surface area contributed by atoms with E-state index in [0.717, 1.165) is 35.7 Å². The number of hydrogen-bond donors (Lipinski definition) is 2. The van der Waals surface area contributed by atoms with Crippen molar-refractivity contribution in [2.75, 3.05) is 11.9 Å². The minimum absolute atomic E-state index is 0.0913. The van der Waals surface area contributed by atoms with Gasteiger partial charge in [0.25, 0.3) is 5.91 Å². The Bertz CT molecular complexity index is 617. The summed E-state index contributed by atoms with van der Waals surface area (Å²) in [6.07, 6.45) is 1.01. The SMILES string of the molecule is CCCNc1ccc(C)cc1C(=O)NCc1ccc(C)o1. The number of benzene rings is 1. The minimum Gasteiger partial charge on any atom is -0.465 e. The van der Waals surface area contributed by atoms with Crippen molar-refractivity contribution in [3.05, 3.63) is 53.0 Å². The van der Waals surface area contributed by atoms with Crippen molar-refractivity contribution < 1.29 is 9.21 Å². The van der Waals surface area contributed by atoms with Crippen LogP contribution in [0.5, 0.6) is 0 Å². The smallest absolute Gasteiger partial charge is 0.253 e. The highest BCUT2D eigenvalue weighted by Crippen LogP contribution is 2.18. The Kier molecular flexibility index (Phi) is 5.04. The van der Waals surface area contributed by atoms with E-state index in [1.54, 1.807) is 0 Å². The Hall–Kier alpha value is -2.23. The predicted octanol–water partition coefficient (Wildman–Crippen LogP) is 3.65. The van der Waals surface area contributed by atoms with Gasteiger partial charge in [0, 0.05) is 12.2 Å². The van der Waals surface area contributed by atoms with E-state index in [1.807, 2.05) is 44.2 Å². The average molecular weight is 286 g/mol. The zero-order valence-corrected chi connectivity index (χ0v) is 12.8. The number of furan rings is 1. The van der Waals surface area contributed by atoms with Gasteiger partial charge in [0.1, 0.15) is 11.5 Å². The molecule has 0 fully saturated rings. The van der Waals surface area contributed by atoms with Crippen LogP contribution in [-0.2, 0) is 6.54 Å². The van der Waals surface area contributed by atoms with E-state index in [2.05, 4.69) is 17.6 Å². The number of amides is 1. The van der Waals surface area contributed by atoms with Gasteiger partial charge in [-0.05, 0) is 44.5 Å². The van der Waals surface area contributed by atoms with E-state index in [-0.39, 0.29) is 5.91 Å². The third-order valence-electron chi connectivity index (χ3n) is 3.20. The van der Waals surface area contributed by atoms with Gasteiger partial charge in [-0.1, -0.05) is 18.6 Å². The third-order valence-corrected chi connectivity index (χ3v) is 3.20. The molecule has 2 rings (SSSR count). The van der Waals surface area contributed by atoms with Gasteiger partial charge < -0.3 is 15.1 Å². The third kappa shape index (κ3) is 4.12. The lowest BCUT2D eigenvalue weighted by Gasteiger charge is -2.12. The number of anilines is 1. The van der Waals surface area contributed by atoms with Crippen LogP contribution in [0.15, 0.2) is 34.7 Å². The first-order valence-electron chi connectivity index (χ1n) is 7.28. The fourth-order valence-corrected chi connectivity index (χ4v) is 2.10. The minimum atomic E-state index is -0.0913. The summed E-state index contributed by atoms with van der Waals surface area (Å²) in [6.45, 7) is 7.21. The summed E-state index contributed by atoms with van der Waals surface area (Å²) in [4.78, 5) is 12.4. The van der Waals surface area contributed by atoms with Crippen molar-refractivity contribution in [2.24, 2.45) is 0 Å². The molecule has 0 radical (unpaired) electrons. The average Bonchev–Trinajstić information content (AvgIpc) is 2.89. The molecule has 0 aliphatic carbocycles. The van der Waals surface area contributed by atoms with Crippen LogP contribution in [0.1, 0.15) is 40.8 Å². The Morgan fingerprint density at radius 1 is 1.19 bits per heavy atom. The van der Waals surface area contributed by atoms with Crippen molar-refractivity contribution in [3.8, 4) is 0 Å². The summed E-state index contributed by atoms with van der Waals surface area (Å²) in [5.41, 5.74) is 2.61. The second kappa shape index (κ2) is 6.97. The van der Waals surface area contributed by atoms with Crippen LogP contribution in [0.4, 0.5) is 5.69 Å².